The van der Waals surface area contributed by atoms with Gasteiger partial charge in [0.05, 0.1) is 13.2 Å². The zero-order valence-corrected chi connectivity index (χ0v) is 32.9. The fraction of sp³-hybridized carbons (Fsp3) is 0.191. The molecule has 0 saturated heterocycles. The van der Waals surface area contributed by atoms with E-state index in [0.717, 1.165) is 18.4 Å². The predicted molar refractivity (Wildman–Crippen MR) is 218 cm³/mol. The average molecular weight is 795 g/mol. The van der Waals surface area contributed by atoms with Gasteiger partial charge < -0.3 is 29.2 Å². The standard InChI is InChI=1S/C23H21FO4.C22H18F2O4.C2H6/c1-3-12-27-21-11-7-16(13-20(21)24)17-6-10-19(23(25)26)22(14-17)28-18-8-4-15(2)5-9-18;1-2-11-27-20-10-4-14(12-19(20)24)15-3-9-18(22(25)26)21(13-15)28-17-7-5-16(23)6-8-17;1-2/h4-11,13-14H,3,12H2,1-2H3,(H,25,26);3-10,12-13H,2,11H2,1H3,(H,25,26);1-2H3. The van der Waals surface area contributed by atoms with Gasteiger partial charge in [-0.1, -0.05) is 69.7 Å². The van der Waals surface area contributed by atoms with Crippen molar-refractivity contribution in [1.82, 2.24) is 0 Å². The highest BCUT2D eigenvalue weighted by atomic mass is 19.1. The van der Waals surface area contributed by atoms with Gasteiger partial charge in [-0.05, 0) is 127 Å². The second kappa shape index (κ2) is 21.5. The van der Waals surface area contributed by atoms with Gasteiger partial charge in [0.25, 0.3) is 0 Å². The number of aromatic carboxylic acids is 2. The van der Waals surface area contributed by atoms with Crippen LogP contribution in [-0.2, 0) is 0 Å². The SMILES string of the molecule is CC.CCCOc1ccc(-c2ccc(C(=O)O)c(Oc3ccc(C)cc3)c2)cc1F.CCCOc1ccc(-c2ccc(C(=O)O)c(Oc3ccc(F)cc3)c2)cc1F. The minimum atomic E-state index is -1.17. The summed E-state index contributed by atoms with van der Waals surface area (Å²) in [5.41, 5.74) is 3.41. The number of carboxylic acids is 2. The summed E-state index contributed by atoms with van der Waals surface area (Å²) in [6.07, 6.45) is 1.56. The largest absolute Gasteiger partial charge is 0.491 e. The molecule has 0 saturated carbocycles. The summed E-state index contributed by atoms with van der Waals surface area (Å²) < 4.78 is 63.8. The Bertz CT molecular complexity index is 2130. The second-order valence-electron chi connectivity index (χ2n) is 12.5. The summed E-state index contributed by atoms with van der Waals surface area (Å²) in [6.45, 7) is 10.7. The smallest absolute Gasteiger partial charge is 0.339 e. The molecule has 302 valence electrons. The maximum Gasteiger partial charge on any atom is 0.339 e. The minimum absolute atomic E-state index is 0.0349. The summed E-state index contributed by atoms with van der Waals surface area (Å²) in [6, 6.07) is 30.9. The lowest BCUT2D eigenvalue weighted by Gasteiger charge is -2.12. The van der Waals surface area contributed by atoms with Crippen molar-refractivity contribution < 1.29 is 51.9 Å². The number of rotatable bonds is 14. The van der Waals surface area contributed by atoms with Gasteiger partial charge in [0.15, 0.2) is 23.1 Å². The Balaban J connectivity index is 0.000000246. The van der Waals surface area contributed by atoms with E-state index in [1.807, 2.05) is 46.8 Å². The molecule has 0 atom stereocenters. The van der Waals surface area contributed by atoms with Crippen LogP contribution in [0.1, 0.15) is 66.8 Å². The molecular formula is C47H45F3O8. The van der Waals surface area contributed by atoms with E-state index in [1.54, 1.807) is 48.5 Å². The van der Waals surface area contributed by atoms with Crippen LogP contribution in [0, 0.1) is 24.4 Å². The normalized spacial score (nSPS) is 10.3. The second-order valence-corrected chi connectivity index (χ2v) is 12.5. The van der Waals surface area contributed by atoms with Gasteiger partial charge in [-0.25, -0.2) is 22.8 Å². The molecule has 0 unspecified atom stereocenters. The first-order chi connectivity index (χ1) is 27.9. The molecule has 8 nitrogen and oxygen atoms in total. The Morgan fingerprint density at radius 3 is 1.22 bits per heavy atom. The van der Waals surface area contributed by atoms with Crippen LogP contribution in [0.25, 0.3) is 22.3 Å². The van der Waals surface area contributed by atoms with Gasteiger partial charge >= 0.3 is 11.9 Å². The van der Waals surface area contributed by atoms with Crippen LogP contribution < -0.4 is 18.9 Å². The molecule has 2 N–H and O–H groups in total. The number of hydrogen-bond donors (Lipinski definition) is 2. The van der Waals surface area contributed by atoms with Crippen molar-refractivity contribution in [2.45, 2.75) is 47.5 Å². The number of aryl methyl sites for hydroxylation is 1. The Labute approximate surface area is 336 Å². The zero-order chi connectivity index (χ0) is 42.2. The third kappa shape index (κ3) is 12.1. The van der Waals surface area contributed by atoms with Gasteiger partial charge in [0.1, 0.15) is 39.9 Å². The highest BCUT2D eigenvalue weighted by Gasteiger charge is 2.17. The molecule has 0 amide bonds. The van der Waals surface area contributed by atoms with Crippen molar-refractivity contribution in [2.24, 2.45) is 0 Å². The van der Waals surface area contributed by atoms with E-state index in [-0.39, 0.29) is 39.9 Å². The number of carboxylic acid groups (broad SMARTS) is 2. The fourth-order valence-electron chi connectivity index (χ4n) is 5.31. The molecule has 6 aromatic rings. The molecule has 6 aromatic carbocycles. The Morgan fingerprint density at radius 2 is 0.862 bits per heavy atom. The van der Waals surface area contributed by atoms with Gasteiger partial charge in [0.2, 0.25) is 0 Å². The summed E-state index contributed by atoms with van der Waals surface area (Å²) in [5, 5.41) is 18.9. The van der Waals surface area contributed by atoms with Crippen molar-refractivity contribution in [3.63, 3.8) is 0 Å². The summed E-state index contributed by atoms with van der Waals surface area (Å²) in [4.78, 5) is 23.1. The molecule has 0 fully saturated rings. The summed E-state index contributed by atoms with van der Waals surface area (Å²) >= 11 is 0. The lowest BCUT2D eigenvalue weighted by molar-refractivity contribution is 0.0683. The van der Waals surface area contributed by atoms with E-state index < -0.39 is 29.4 Å². The number of hydrogen-bond acceptors (Lipinski definition) is 6. The first-order valence-electron chi connectivity index (χ1n) is 18.7. The van der Waals surface area contributed by atoms with Crippen molar-refractivity contribution >= 4 is 11.9 Å². The van der Waals surface area contributed by atoms with E-state index in [9.17, 15) is 33.0 Å². The van der Waals surface area contributed by atoms with E-state index in [4.69, 9.17) is 18.9 Å². The van der Waals surface area contributed by atoms with Gasteiger partial charge in [-0.2, -0.15) is 0 Å². The van der Waals surface area contributed by atoms with Crippen LogP contribution in [0.5, 0.6) is 34.5 Å². The molecule has 58 heavy (non-hydrogen) atoms. The van der Waals surface area contributed by atoms with Crippen molar-refractivity contribution in [2.75, 3.05) is 13.2 Å². The lowest BCUT2D eigenvalue weighted by atomic mass is 10.0. The van der Waals surface area contributed by atoms with Gasteiger partial charge in [-0.15, -0.1) is 0 Å². The van der Waals surface area contributed by atoms with Crippen LogP contribution in [-0.4, -0.2) is 35.4 Å². The van der Waals surface area contributed by atoms with E-state index in [0.29, 0.717) is 41.2 Å². The Hall–Kier alpha value is -6.75. The van der Waals surface area contributed by atoms with Crippen molar-refractivity contribution in [3.05, 3.63) is 155 Å². The van der Waals surface area contributed by atoms with Gasteiger partial charge in [0, 0.05) is 0 Å². The van der Waals surface area contributed by atoms with Crippen molar-refractivity contribution in [3.8, 4) is 56.8 Å². The molecule has 0 aromatic heterocycles. The van der Waals surface area contributed by atoms with Crippen LogP contribution in [0.15, 0.2) is 121 Å². The Kier molecular flexibility index (Phi) is 16.3. The molecule has 0 aliphatic heterocycles. The van der Waals surface area contributed by atoms with Crippen LogP contribution in [0.3, 0.4) is 0 Å². The number of carbonyl (C=O) groups is 2. The number of ether oxygens (including phenoxy) is 4. The molecule has 0 radical (unpaired) electrons. The maximum absolute atomic E-state index is 14.3. The quantitative estimate of drug-likeness (QED) is 0.112. The lowest BCUT2D eigenvalue weighted by Crippen LogP contribution is -2.01. The first-order valence-corrected chi connectivity index (χ1v) is 18.7. The van der Waals surface area contributed by atoms with Crippen LogP contribution in [0.4, 0.5) is 13.2 Å². The third-order valence-corrected chi connectivity index (χ3v) is 8.17. The Morgan fingerprint density at radius 1 is 0.500 bits per heavy atom. The maximum atomic E-state index is 14.3. The molecule has 0 heterocycles. The number of halogens is 3. The van der Waals surface area contributed by atoms with E-state index >= 15 is 0 Å². The highest BCUT2D eigenvalue weighted by Crippen LogP contribution is 2.35. The predicted octanol–water partition coefficient (Wildman–Crippen LogP) is 13.0. The molecule has 6 rings (SSSR count). The molecule has 0 spiro atoms. The van der Waals surface area contributed by atoms with Gasteiger partial charge in [-0.3, -0.25) is 0 Å². The van der Waals surface area contributed by atoms with E-state index in [1.165, 1.54) is 60.7 Å². The zero-order valence-electron chi connectivity index (χ0n) is 32.9. The molecular weight excluding hydrogens is 750 g/mol. The average Bonchev–Trinajstić information content (AvgIpc) is 3.22. The van der Waals surface area contributed by atoms with E-state index in [2.05, 4.69) is 0 Å². The van der Waals surface area contributed by atoms with Crippen LogP contribution >= 0.6 is 0 Å². The highest BCUT2D eigenvalue weighted by molar-refractivity contribution is 5.93. The summed E-state index contributed by atoms with van der Waals surface area (Å²) in [7, 11) is 0. The monoisotopic (exact) mass is 794 g/mol. The molecule has 0 aliphatic rings. The summed E-state index contributed by atoms with van der Waals surface area (Å²) in [5.74, 6) is -2.22. The molecule has 11 heteroatoms. The molecule has 0 bridgehead atoms. The fourth-order valence-corrected chi connectivity index (χ4v) is 5.31. The minimum Gasteiger partial charge on any atom is -0.491 e. The third-order valence-electron chi connectivity index (χ3n) is 8.17. The topological polar surface area (TPSA) is 112 Å². The molecule has 0 aliphatic carbocycles. The van der Waals surface area contributed by atoms with Crippen LogP contribution in [0.2, 0.25) is 0 Å². The number of benzene rings is 6. The first kappa shape index (κ1) is 44.0. The van der Waals surface area contributed by atoms with Crippen molar-refractivity contribution in [1.29, 1.82) is 0 Å².